The number of amides is 2. The van der Waals surface area contributed by atoms with Crippen molar-refractivity contribution in [1.82, 2.24) is 5.32 Å². The molecule has 2 amide bonds. The van der Waals surface area contributed by atoms with Crippen LogP contribution in [0.5, 0.6) is 0 Å². The summed E-state index contributed by atoms with van der Waals surface area (Å²) in [6.45, 7) is 9.45. The molecule has 1 aromatic rings. The molecule has 4 nitrogen and oxygen atoms in total. The van der Waals surface area contributed by atoms with E-state index in [1.165, 1.54) is 11.8 Å². The molecule has 0 saturated heterocycles. The van der Waals surface area contributed by atoms with Crippen molar-refractivity contribution in [3.63, 3.8) is 0 Å². The molecule has 0 radical (unpaired) electrons. The summed E-state index contributed by atoms with van der Waals surface area (Å²) in [6, 6.07) is 5.90. The van der Waals surface area contributed by atoms with Crippen LogP contribution < -0.4 is 10.2 Å². The topological polar surface area (TPSA) is 49.4 Å². The molecule has 4 heteroatoms. The van der Waals surface area contributed by atoms with Crippen molar-refractivity contribution in [2.75, 3.05) is 18.0 Å². The fourth-order valence-electron chi connectivity index (χ4n) is 2.12. The van der Waals surface area contributed by atoms with Gasteiger partial charge in [-0.25, -0.2) is 0 Å². The molecule has 0 heterocycles. The van der Waals surface area contributed by atoms with E-state index in [0.29, 0.717) is 6.54 Å². The zero-order chi connectivity index (χ0) is 15.1. The van der Waals surface area contributed by atoms with E-state index in [1.807, 2.05) is 32.0 Å². The summed E-state index contributed by atoms with van der Waals surface area (Å²) in [7, 11) is 0. The van der Waals surface area contributed by atoms with Crippen molar-refractivity contribution in [2.24, 2.45) is 0 Å². The molecule has 0 aliphatic rings. The first-order chi connectivity index (χ1) is 9.51. The number of hydrogen-bond acceptors (Lipinski definition) is 2. The number of nitrogens with one attached hydrogen (secondary N) is 1. The van der Waals surface area contributed by atoms with Crippen LogP contribution in [-0.4, -0.2) is 24.9 Å². The third-order valence-corrected chi connectivity index (χ3v) is 3.10. The van der Waals surface area contributed by atoms with Crippen molar-refractivity contribution < 1.29 is 9.59 Å². The van der Waals surface area contributed by atoms with Crippen LogP contribution in [0.1, 0.15) is 25.0 Å². The van der Waals surface area contributed by atoms with Gasteiger partial charge in [-0.1, -0.05) is 31.2 Å². The van der Waals surface area contributed by atoms with Crippen molar-refractivity contribution >= 4 is 17.5 Å². The molecule has 1 N–H and O–H groups in total. The quantitative estimate of drug-likeness (QED) is 0.809. The van der Waals surface area contributed by atoms with E-state index in [0.717, 1.165) is 23.2 Å². The predicted octanol–water partition coefficient (Wildman–Crippen LogP) is 2.21. The van der Waals surface area contributed by atoms with Crippen LogP contribution in [0.15, 0.2) is 30.9 Å². The highest BCUT2D eigenvalue weighted by atomic mass is 16.2. The number of rotatable bonds is 6. The Hall–Kier alpha value is -2.10. The van der Waals surface area contributed by atoms with Gasteiger partial charge in [0.15, 0.2) is 0 Å². The van der Waals surface area contributed by atoms with Gasteiger partial charge in [-0.2, -0.15) is 0 Å². The number of benzene rings is 1. The molecule has 0 aromatic heterocycles. The molecule has 0 spiro atoms. The summed E-state index contributed by atoms with van der Waals surface area (Å²) in [5, 5.41) is 2.69. The molecule has 1 aromatic carbocycles. The fraction of sp³-hybridized carbons (Fsp3) is 0.375. The number of aryl methyl sites for hydroxylation is 2. The number of hydrogen-bond donors (Lipinski definition) is 1. The standard InChI is InChI=1S/C16H22N2O2/c1-5-10-17-15(20)11-18(13(4)19)16-12(3)8-7-9-14(16)6-2/h5,7-9H,1,6,10-11H2,2-4H3,(H,17,20). The molecular weight excluding hydrogens is 252 g/mol. The van der Waals surface area contributed by atoms with Gasteiger partial charge in [0.25, 0.3) is 0 Å². The Bertz CT molecular complexity index is 509. The Morgan fingerprint density at radius 1 is 1.40 bits per heavy atom. The summed E-state index contributed by atoms with van der Waals surface area (Å²) in [5.41, 5.74) is 2.91. The molecule has 0 fully saturated rings. The van der Waals surface area contributed by atoms with Gasteiger partial charge in [-0.3, -0.25) is 9.59 Å². The number of carbonyl (C=O) groups excluding carboxylic acids is 2. The SMILES string of the molecule is C=CCNC(=O)CN(C(C)=O)c1c(C)cccc1CC. The lowest BCUT2D eigenvalue weighted by Crippen LogP contribution is -2.40. The monoisotopic (exact) mass is 274 g/mol. The van der Waals surface area contributed by atoms with E-state index < -0.39 is 0 Å². The van der Waals surface area contributed by atoms with E-state index >= 15 is 0 Å². The summed E-state index contributed by atoms with van der Waals surface area (Å²) in [6.07, 6.45) is 2.43. The molecule has 0 bridgehead atoms. The largest absolute Gasteiger partial charge is 0.351 e. The molecule has 0 saturated carbocycles. The first kappa shape index (κ1) is 16.0. The fourth-order valence-corrected chi connectivity index (χ4v) is 2.12. The van der Waals surface area contributed by atoms with Gasteiger partial charge in [0.2, 0.25) is 11.8 Å². The number of anilines is 1. The van der Waals surface area contributed by atoms with Gasteiger partial charge in [0.05, 0.1) is 5.69 Å². The van der Waals surface area contributed by atoms with Crippen molar-refractivity contribution in [3.05, 3.63) is 42.0 Å². The Labute approximate surface area is 120 Å². The zero-order valence-corrected chi connectivity index (χ0v) is 12.4. The number of nitrogens with zero attached hydrogens (tertiary/aromatic N) is 1. The summed E-state index contributed by atoms with van der Waals surface area (Å²) >= 11 is 0. The molecule has 0 unspecified atom stereocenters. The van der Waals surface area contributed by atoms with Crippen molar-refractivity contribution in [1.29, 1.82) is 0 Å². The Morgan fingerprint density at radius 3 is 2.65 bits per heavy atom. The third kappa shape index (κ3) is 3.95. The molecule has 1 rings (SSSR count). The van der Waals surface area contributed by atoms with Gasteiger partial charge < -0.3 is 10.2 Å². The predicted molar refractivity (Wildman–Crippen MR) is 81.8 cm³/mol. The minimum absolute atomic E-state index is 0.0288. The number of carbonyl (C=O) groups is 2. The molecule has 0 aliphatic heterocycles. The Morgan fingerprint density at radius 2 is 2.10 bits per heavy atom. The van der Waals surface area contributed by atoms with Crippen LogP contribution in [0, 0.1) is 6.92 Å². The van der Waals surface area contributed by atoms with E-state index in [4.69, 9.17) is 0 Å². The maximum Gasteiger partial charge on any atom is 0.240 e. The highest BCUT2D eigenvalue weighted by Crippen LogP contribution is 2.25. The van der Waals surface area contributed by atoms with Crippen LogP contribution in [-0.2, 0) is 16.0 Å². The van der Waals surface area contributed by atoms with Crippen LogP contribution in [0.2, 0.25) is 0 Å². The van der Waals surface area contributed by atoms with Gasteiger partial charge in [0, 0.05) is 13.5 Å². The van der Waals surface area contributed by atoms with Crippen molar-refractivity contribution in [2.45, 2.75) is 27.2 Å². The van der Waals surface area contributed by atoms with E-state index in [1.54, 1.807) is 6.08 Å². The van der Waals surface area contributed by atoms with Gasteiger partial charge in [-0.05, 0) is 24.5 Å². The second-order valence-electron chi connectivity index (χ2n) is 4.63. The molecule has 0 aliphatic carbocycles. The molecule has 20 heavy (non-hydrogen) atoms. The minimum atomic E-state index is -0.189. The van der Waals surface area contributed by atoms with E-state index in [-0.39, 0.29) is 18.4 Å². The van der Waals surface area contributed by atoms with Crippen LogP contribution in [0.25, 0.3) is 0 Å². The smallest absolute Gasteiger partial charge is 0.240 e. The van der Waals surface area contributed by atoms with Crippen molar-refractivity contribution in [3.8, 4) is 0 Å². The van der Waals surface area contributed by atoms with Gasteiger partial charge >= 0.3 is 0 Å². The summed E-state index contributed by atoms with van der Waals surface area (Å²) in [5.74, 6) is -0.326. The number of para-hydroxylation sites is 1. The maximum absolute atomic E-state index is 11.9. The van der Waals surface area contributed by atoms with Gasteiger partial charge in [0.1, 0.15) is 6.54 Å². The van der Waals surface area contributed by atoms with E-state index in [9.17, 15) is 9.59 Å². The first-order valence-corrected chi connectivity index (χ1v) is 6.75. The van der Waals surface area contributed by atoms with Crippen LogP contribution >= 0.6 is 0 Å². The van der Waals surface area contributed by atoms with Crippen LogP contribution in [0.3, 0.4) is 0 Å². The molecule has 108 valence electrons. The summed E-state index contributed by atoms with van der Waals surface area (Å²) < 4.78 is 0. The van der Waals surface area contributed by atoms with Crippen LogP contribution in [0.4, 0.5) is 5.69 Å². The lowest BCUT2D eigenvalue weighted by molar-refractivity contribution is -0.122. The molecule has 0 atom stereocenters. The summed E-state index contributed by atoms with van der Waals surface area (Å²) in [4.78, 5) is 25.3. The second-order valence-corrected chi connectivity index (χ2v) is 4.63. The van der Waals surface area contributed by atoms with Gasteiger partial charge in [-0.15, -0.1) is 6.58 Å². The lowest BCUT2D eigenvalue weighted by atomic mass is 10.0. The highest BCUT2D eigenvalue weighted by Gasteiger charge is 2.19. The normalized spacial score (nSPS) is 9.95. The highest BCUT2D eigenvalue weighted by molar-refractivity contribution is 5.98. The Balaban J connectivity index is 3.06. The average Bonchev–Trinajstić information content (AvgIpc) is 2.42. The minimum Gasteiger partial charge on any atom is -0.351 e. The first-order valence-electron chi connectivity index (χ1n) is 6.75. The maximum atomic E-state index is 11.9. The third-order valence-electron chi connectivity index (χ3n) is 3.10. The second kappa shape index (κ2) is 7.48. The Kier molecular flexibility index (Phi) is 5.97. The lowest BCUT2D eigenvalue weighted by Gasteiger charge is -2.25. The average molecular weight is 274 g/mol. The molecular formula is C16H22N2O2. The van der Waals surface area contributed by atoms with E-state index in [2.05, 4.69) is 11.9 Å². The zero-order valence-electron chi connectivity index (χ0n) is 12.4.